The van der Waals surface area contributed by atoms with Crippen molar-refractivity contribution in [3.05, 3.63) is 75.7 Å². The van der Waals surface area contributed by atoms with E-state index < -0.39 is 17.6 Å². The maximum absolute atomic E-state index is 14.2. The van der Waals surface area contributed by atoms with Crippen molar-refractivity contribution in [1.29, 1.82) is 0 Å². The van der Waals surface area contributed by atoms with Crippen LogP contribution in [0.5, 0.6) is 0 Å². The Labute approximate surface area is 145 Å². The van der Waals surface area contributed by atoms with Gasteiger partial charge in [-0.25, -0.2) is 13.2 Å². The third-order valence-electron chi connectivity index (χ3n) is 4.26. The fourth-order valence-corrected chi connectivity index (χ4v) is 4.28. The van der Waals surface area contributed by atoms with E-state index in [1.54, 1.807) is 12.1 Å². The molecule has 2 heterocycles. The molecule has 1 N–H and O–H groups in total. The average molecular weight is 359 g/mol. The van der Waals surface area contributed by atoms with Gasteiger partial charge in [-0.15, -0.1) is 11.3 Å². The molecule has 0 aliphatic carbocycles. The Morgan fingerprint density at radius 2 is 1.84 bits per heavy atom. The van der Waals surface area contributed by atoms with E-state index in [1.807, 2.05) is 5.38 Å². The van der Waals surface area contributed by atoms with Crippen LogP contribution in [-0.4, -0.2) is 5.91 Å². The molecule has 1 aliphatic heterocycles. The quantitative estimate of drug-likeness (QED) is 0.660. The van der Waals surface area contributed by atoms with E-state index in [9.17, 15) is 18.0 Å². The Morgan fingerprint density at radius 1 is 1.04 bits per heavy atom. The predicted molar refractivity (Wildman–Crippen MR) is 91.2 cm³/mol. The molecule has 0 radical (unpaired) electrons. The molecule has 0 saturated heterocycles. The van der Waals surface area contributed by atoms with E-state index in [1.165, 1.54) is 35.6 Å². The number of halogens is 3. The van der Waals surface area contributed by atoms with Crippen molar-refractivity contribution in [1.82, 2.24) is 0 Å². The molecule has 0 spiro atoms. The Bertz CT molecular complexity index is 983. The fourth-order valence-electron chi connectivity index (χ4n) is 3.13. The van der Waals surface area contributed by atoms with Gasteiger partial charge in [0.05, 0.1) is 5.69 Å². The minimum Gasteiger partial charge on any atom is -0.325 e. The summed E-state index contributed by atoms with van der Waals surface area (Å²) in [5.41, 5.74) is 2.18. The number of anilines is 1. The van der Waals surface area contributed by atoms with Crippen molar-refractivity contribution in [3.8, 4) is 11.1 Å². The lowest BCUT2D eigenvalue weighted by Crippen LogP contribution is -2.23. The Morgan fingerprint density at radius 3 is 2.60 bits per heavy atom. The van der Waals surface area contributed by atoms with Gasteiger partial charge in [-0.2, -0.15) is 0 Å². The van der Waals surface area contributed by atoms with Gasteiger partial charge in [0, 0.05) is 34.2 Å². The lowest BCUT2D eigenvalue weighted by Gasteiger charge is -2.24. The maximum atomic E-state index is 14.2. The largest absolute Gasteiger partial charge is 0.325 e. The van der Waals surface area contributed by atoms with E-state index in [-0.39, 0.29) is 23.7 Å². The van der Waals surface area contributed by atoms with Gasteiger partial charge in [0.1, 0.15) is 17.5 Å². The van der Waals surface area contributed by atoms with Gasteiger partial charge in [0.2, 0.25) is 5.91 Å². The second-order valence-electron chi connectivity index (χ2n) is 5.87. The number of fused-ring (bicyclic) bond motifs is 1. The third kappa shape index (κ3) is 2.82. The number of hydrogen-bond acceptors (Lipinski definition) is 2. The molecule has 1 aliphatic rings. The Kier molecular flexibility index (Phi) is 3.84. The topological polar surface area (TPSA) is 29.1 Å². The highest BCUT2D eigenvalue weighted by Crippen LogP contribution is 2.47. The second-order valence-corrected chi connectivity index (χ2v) is 6.78. The van der Waals surface area contributed by atoms with Crippen LogP contribution in [0.1, 0.15) is 22.8 Å². The molecule has 0 unspecified atom stereocenters. The van der Waals surface area contributed by atoms with Crippen LogP contribution in [0.25, 0.3) is 11.1 Å². The van der Waals surface area contributed by atoms with E-state index in [0.29, 0.717) is 16.8 Å². The summed E-state index contributed by atoms with van der Waals surface area (Å²) in [7, 11) is 0. The molecule has 1 atom stereocenters. The predicted octanol–water partition coefficient (Wildman–Crippen LogP) is 5.31. The number of carbonyl (C=O) groups is 1. The average Bonchev–Trinajstić information content (AvgIpc) is 2.98. The van der Waals surface area contributed by atoms with E-state index in [0.717, 1.165) is 10.9 Å². The molecule has 126 valence electrons. The van der Waals surface area contributed by atoms with Crippen LogP contribution >= 0.6 is 11.3 Å². The molecule has 6 heteroatoms. The summed E-state index contributed by atoms with van der Waals surface area (Å²) < 4.78 is 41.0. The van der Waals surface area contributed by atoms with Crippen molar-refractivity contribution in [3.63, 3.8) is 0 Å². The van der Waals surface area contributed by atoms with Gasteiger partial charge < -0.3 is 5.32 Å². The van der Waals surface area contributed by atoms with E-state index >= 15 is 0 Å². The number of nitrogens with one attached hydrogen (secondary N) is 1. The van der Waals surface area contributed by atoms with Crippen molar-refractivity contribution >= 4 is 22.9 Å². The van der Waals surface area contributed by atoms with Gasteiger partial charge in [-0.3, -0.25) is 4.79 Å². The summed E-state index contributed by atoms with van der Waals surface area (Å²) >= 11 is 1.37. The first kappa shape index (κ1) is 15.9. The SMILES string of the molecule is O=C1C[C@@H](c2ccc(F)cc2F)c2scc(-c3cccc(F)c3)c2N1. The van der Waals surface area contributed by atoms with Crippen LogP contribution in [0.3, 0.4) is 0 Å². The molecule has 25 heavy (non-hydrogen) atoms. The monoisotopic (exact) mass is 359 g/mol. The second kappa shape index (κ2) is 6.04. The van der Waals surface area contributed by atoms with Crippen LogP contribution in [-0.2, 0) is 4.79 Å². The zero-order valence-electron chi connectivity index (χ0n) is 12.9. The van der Waals surface area contributed by atoms with Crippen molar-refractivity contribution < 1.29 is 18.0 Å². The van der Waals surface area contributed by atoms with Gasteiger partial charge >= 0.3 is 0 Å². The lowest BCUT2D eigenvalue weighted by molar-refractivity contribution is -0.116. The highest BCUT2D eigenvalue weighted by Gasteiger charge is 2.32. The molecule has 3 aromatic rings. The summed E-state index contributed by atoms with van der Waals surface area (Å²) in [6, 6.07) is 9.46. The van der Waals surface area contributed by atoms with Gasteiger partial charge in [-0.1, -0.05) is 18.2 Å². The number of amides is 1. The van der Waals surface area contributed by atoms with Crippen molar-refractivity contribution in [2.45, 2.75) is 12.3 Å². The smallest absolute Gasteiger partial charge is 0.225 e. The van der Waals surface area contributed by atoms with E-state index in [2.05, 4.69) is 5.32 Å². The maximum Gasteiger partial charge on any atom is 0.225 e. The van der Waals surface area contributed by atoms with Crippen LogP contribution in [0.2, 0.25) is 0 Å². The summed E-state index contributed by atoms with van der Waals surface area (Å²) in [5.74, 6) is -2.45. The van der Waals surface area contributed by atoms with Gasteiger partial charge in [-0.05, 0) is 29.3 Å². The molecule has 2 nitrogen and oxygen atoms in total. The normalized spacial score (nSPS) is 16.4. The summed E-state index contributed by atoms with van der Waals surface area (Å²) in [6.07, 6.45) is 0.0820. The van der Waals surface area contributed by atoms with Gasteiger partial charge in [0.15, 0.2) is 0 Å². The molecule has 4 rings (SSSR count). The number of thiophene rings is 1. The highest BCUT2D eigenvalue weighted by molar-refractivity contribution is 7.11. The van der Waals surface area contributed by atoms with Crippen LogP contribution in [0.4, 0.5) is 18.9 Å². The molecule has 2 aromatic carbocycles. The van der Waals surface area contributed by atoms with Gasteiger partial charge in [0.25, 0.3) is 0 Å². The number of rotatable bonds is 2. The summed E-state index contributed by atoms with van der Waals surface area (Å²) in [4.78, 5) is 12.9. The first-order valence-corrected chi connectivity index (χ1v) is 8.53. The van der Waals surface area contributed by atoms with Crippen LogP contribution in [0, 0.1) is 17.5 Å². The third-order valence-corrected chi connectivity index (χ3v) is 5.36. The Hall–Kier alpha value is -2.60. The Balaban J connectivity index is 1.84. The first-order chi connectivity index (χ1) is 12.0. The molecule has 1 amide bonds. The molecule has 0 fully saturated rings. The van der Waals surface area contributed by atoms with Crippen LogP contribution < -0.4 is 5.32 Å². The van der Waals surface area contributed by atoms with E-state index in [4.69, 9.17) is 0 Å². The zero-order valence-corrected chi connectivity index (χ0v) is 13.7. The van der Waals surface area contributed by atoms with Crippen molar-refractivity contribution in [2.24, 2.45) is 0 Å². The summed E-state index contributed by atoms with van der Waals surface area (Å²) in [5, 5.41) is 4.63. The fraction of sp³-hybridized carbons (Fsp3) is 0.105. The number of carbonyl (C=O) groups excluding carboxylic acids is 1. The standard InChI is InChI=1S/C19H12F3NOS/c20-11-3-1-2-10(6-11)15-9-25-19-14(8-17(24)23-18(15)19)13-5-4-12(21)7-16(13)22/h1-7,9,14H,8H2,(H,23,24)/t14-/m0/s1. The molecule has 0 bridgehead atoms. The van der Waals surface area contributed by atoms with Crippen LogP contribution in [0.15, 0.2) is 47.8 Å². The number of benzene rings is 2. The molecule has 1 aromatic heterocycles. The minimum absolute atomic E-state index is 0.0820. The molecular formula is C19H12F3NOS. The first-order valence-electron chi connectivity index (χ1n) is 7.65. The molecule has 0 saturated carbocycles. The number of hydrogen-bond donors (Lipinski definition) is 1. The summed E-state index contributed by atoms with van der Waals surface area (Å²) in [6.45, 7) is 0. The highest BCUT2D eigenvalue weighted by atomic mass is 32.1. The lowest BCUT2D eigenvalue weighted by atomic mass is 9.89. The minimum atomic E-state index is -0.675. The van der Waals surface area contributed by atoms with Crippen molar-refractivity contribution in [2.75, 3.05) is 5.32 Å². The zero-order chi connectivity index (χ0) is 17.6. The molecular weight excluding hydrogens is 347 g/mol.